The highest BCUT2D eigenvalue weighted by Gasteiger charge is 2.27. The van der Waals surface area contributed by atoms with Gasteiger partial charge < -0.3 is 15.1 Å². The zero-order valence-electron chi connectivity index (χ0n) is 7.70. The second-order valence-corrected chi connectivity index (χ2v) is 3.27. The Morgan fingerprint density at radius 3 is 3.08 bits per heavy atom. The molecular weight excluding hydrogens is 152 g/mol. The first-order valence-electron chi connectivity index (χ1n) is 4.15. The molecule has 2 aliphatic rings. The number of aliphatic imine (C=N–C) groups is 1. The third kappa shape index (κ3) is 0.873. The number of fused-ring (bicyclic) bond motifs is 1. The molecule has 0 aliphatic carbocycles. The fourth-order valence-corrected chi connectivity index (χ4v) is 1.53. The lowest BCUT2D eigenvalue weighted by Crippen LogP contribution is -2.48. The summed E-state index contributed by atoms with van der Waals surface area (Å²) in [5, 5.41) is 3.21. The molecule has 0 bridgehead atoms. The predicted molar refractivity (Wildman–Crippen MR) is 48.5 cm³/mol. The van der Waals surface area contributed by atoms with Gasteiger partial charge in [-0.05, 0) is 6.92 Å². The molecular formula is C8H14N4. The summed E-state index contributed by atoms with van der Waals surface area (Å²) in [5.74, 6) is 1.08. The van der Waals surface area contributed by atoms with Gasteiger partial charge in [0.15, 0.2) is 5.84 Å². The minimum absolute atomic E-state index is 0.396. The lowest BCUT2D eigenvalue weighted by molar-refractivity contribution is 0.198. The van der Waals surface area contributed by atoms with Crippen molar-refractivity contribution in [1.82, 2.24) is 15.1 Å². The Kier molecular flexibility index (Phi) is 1.49. The van der Waals surface area contributed by atoms with E-state index in [1.54, 1.807) is 0 Å². The third-order valence-corrected chi connectivity index (χ3v) is 2.56. The second kappa shape index (κ2) is 2.40. The molecule has 1 unspecified atom stereocenters. The zero-order valence-corrected chi connectivity index (χ0v) is 7.70. The van der Waals surface area contributed by atoms with Crippen molar-refractivity contribution in [3.63, 3.8) is 0 Å². The van der Waals surface area contributed by atoms with Gasteiger partial charge in [-0.2, -0.15) is 0 Å². The van der Waals surface area contributed by atoms with Gasteiger partial charge in [0.25, 0.3) is 0 Å². The van der Waals surface area contributed by atoms with Gasteiger partial charge in [0.2, 0.25) is 0 Å². The minimum atomic E-state index is 0.396. The van der Waals surface area contributed by atoms with Crippen LogP contribution in [-0.2, 0) is 0 Å². The molecule has 4 nitrogen and oxygen atoms in total. The molecule has 2 heterocycles. The molecule has 12 heavy (non-hydrogen) atoms. The molecule has 0 amide bonds. The van der Waals surface area contributed by atoms with Crippen LogP contribution in [0.15, 0.2) is 16.9 Å². The molecule has 2 rings (SSSR count). The maximum absolute atomic E-state index is 4.36. The van der Waals surface area contributed by atoms with E-state index >= 15 is 0 Å². The van der Waals surface area contributed by atoms with Crippen molar-refractivity contribution in [2.75, 3.05) is 20.8 Å². The summed E-state index contributed by atoms with van der Waals surface area (Å²) >= 11 is 0. The first-order valence-corrected chi connectivity index (χ1v) is 4.15. The van der Waals surface area contributed by atoms with Crippen LogP contribution in [0.1, 0.15) is 6.92 Å². The SMILES string of the molecule is CC1N(C)C=C2NCN=C2N1C. The minimum Gasteiger partial charge on any atom is -0.362 e. The molecule has 0 aromatic carbocycles. The van der Waals surface area contributed by atoms with Gasteiger partial charge in [-0.1, -0.05) is 0 Å². The van der Waals surface area contributed by atoms with Gasteiger partial charge in [0.1, 0.15) is 6.67 Å². The van der Waals surface area contributed by atoms with Crippen molar-refractivity contribution in [1.29, 1.82) is 0 Å². The number of hydrogen-bond acceptors (Lipinski definition) is 4. The number of hydrogen-bond donors (Lipinski definition) is 1. The molecule has 0 saturated carbocycles. The average Bonchev–Trinajstić information content (AvgIpc) is 2.48. The summed E-state index contributed by atoms with van der Waals surface area (Å²) in [4.78, 5) is 8.71. The maximum atomic E-state index is 4.36. The average molecular weight is 166 g/mol. The van der Waals surface area contributed by atoms with Crippen molar-refractivity contribution in [2.45, 2.75) is 13.1 Å². The summed E-state index contributed by atoms with van der Waals surface area (Å²) in [6.45, 7) is 2.88. The molecule has 0 radical (unpaired) electrons. The topological polar surface area (TPSA) is 30.9 Å². The van der Waals surface area contributed by atoms with E-state index in [9.17, 15) is 0 Å². The van der Waals surface area contributed by atoms with Crippen molar-refractivity contribution in [3.8, 4) is 0 Å². The number of nitrogens with zero attached hydrogens (tertiary/aromatic N) is 3. The van der Waals surface area contributed by atoms with Crippen LogP contribution in [0.5, 0.6) is 0 Å². The lowest BCUT2D eigenvalue weighted by Gasteiger charge is -2.37. The van der Waals surface area contributed by atoms with Gasteiger partial charge in [-0.3, -0.25) is 0 Å². The predicted octanol–water partition coefficient (Wildman–Crippen LogP) is 0.0102. The van der Waals surface area contributed by atoms with E-state index in [1.807, 2.05) is 0 Å². The Labute approximate surface area is 72.6 Å². The third-order valence-electron chi connectivity index (χ3n) is 2.56. The van der Waals surface area contributed by atoms with Gasteiger partial charge >= 0.3 is 0 Å². The molecule has 1 atom stereocenters. The highest BCUT2D eigenvalue weighted by Crippen LogP contribution is 2.17. The normalized spacial score (nSPS) is 27.8. The fraction of sp³-hybridized carbons (Fsp3) is 0.625. The summed E-state index contributed by atoms with van der Waals surface area (Å²) in [7, 11) is 4.14. The summed E-state index contributed by atoms with van der Waals surface area (Å²) in [6, 6.07) is 0. The van der Waals surface area contributed by atoms with E-state index in [-0.39, 0.29) is 0 Å². The Balaban J connectivity index is 2.36. The van der Waals surface area contributed by atoms with Gasteiger partial charge in [-0.15, -0.1) is 0 Å². The van der Waals surface area contributed by atoms with Crippen LogP contribution < -0.4 is 5.32 Å². The van der Waals surface area contributed by atoms with Gasteiger partial charge in [0, 0.05) is 20.3 Å². The largest absolute Gasteiger partial charge is 0.362 e. The summed E-state index contributed by atoms with van der Waals surface area (Å²) in [6.07, 6.45) is 2.50. The Hall–Kier alpha value is -1.19. The van der Waals surface area contributed by atoms with E-state index in [0.717, 1.165) is 11.5 Å². The van der Waals surface area contributed by atoms with Crippen LogP contribution in [-0.4, -0.2) is 42.6 Å². The first-order chi connectivity index (χ1) is 5.70. The second-order valence-electron chi connectivity index (χ2n) is 3.27. The molecule has 0 spiro atoms. The van der Waals surface area contributed by atoms with Crippen molar-refractivity contribution >= 4 is 5.84 Å². The Morgan fingerprint density at radius 2 is 2.33 bits per heavy atom. The smallest absolute Gasteiger partial charge is 0.152 e. The van der Waals surface area contributed by atoms with E-state index < -0.39 is 0 Å². The van der Waals surface area contributed by atoms with Gasteiger partial charge in [0.05, 0.1) is 11.9 Å². The van der Waals surface area contributed by atoms with E-state index in [2.05, 4.69) is 47.3 Å². The molecule has 0 fully saturated rings. The molecule has 0 aromatic heterocycles. The van der Waals surface area contributed by atoms with Crippen LogP contribution in [0.25, 0.3) is 0 Å². The van der Waals surface area contributed by atoms with E-state index in [4.69, 9.17) is 0 Å². The summed E-state index contributed by atoms with van der Waals surface area (Å²) in [5.41, 5.74) is 1.14. The number of amidine groups is 1. The van der Waals surface area contributed by atoms with Crippen LogP contribution in [0.3, 0.4) is 0 Å². The molecule has 2 aliphatic heterocycles. The maximum Gasteiger partial charge on any atom is 0.152 e. The highest BCUT2D eigenvalue weighted by molar-refractivity contribution is 5.99. The van der Waals surface area contributed by atoms with Crippen LogP contribution in [0.2, 0.25) is 0 Å². The van der Waals surface area contributed by atoms with Crippen molar-refractivity contribution in [2.24, 2.45) is 4.99 Å². The number of likely N-dealkylation sites (N-methyl/N-ethyl adjacent to an activating group) is 1. The highest BCUT2D eigenvalue weighted by atomic mass is 15.4. The van der Waals surface area contributed by atoms with Crippen LogP contribution in [0, 0.1) is 0 Å². The quantitative estimate of drug-likeness (QED) is 0.550. The lowest BCUT2D eigenvalue weighted by atomic mass is 10.3. The number of nitrogens with one attached hydrogen (secondary N) is 1. The van der Waals surface area contributed by atoms with Crippen LogP contribution >= 0.6 is 0 Å². The zero-order chi connectivity index (χ0) is 8.72. The first kappa shape index (κ1) is 7.46. The van der Waals surface area contributed by atoms with Crippen LogP contribution in [0.4, 0.5) is 0 Å². The molecule has 4 heteroatoms. The van der Waals surface area contributed by atoms with Gasteiger partial charge in [-0.25, -0.2) is 4.99 Å². The molecule has 0 saturated heterocycles. The monoisotopic (exact) mass is 166 g/mol. The number of rotatable bonds is 0. The Morgan fingerprint density at radius 1 is 1.58 bits per heavy atom. The molecule has 0 aromatic rings. The van der Waals surface area contributed by atoms with E-state index in [0.29, 0.717) is 12.8 Å². The molecule has 1 N–H and O–H groups in total. The molecule has 66 valence electrons. The Bertz CT molecular complexity index is 256. The standard InChI is InChI=1S/C8H14N4/c1-6-11(2)4-7-8(12(6)3)10-5-9-7/h4,6,9H,5H2,1-3H3. The fourth-order valence-electron chi connectivity index (χ4n) is 1.53. The summed E-state index contributed by atoms with van der Waals surface area (Å²) < 4.78 is 0. The van der Waals surface area contributed by atoms with Crippen molar-refractivity contribution in [3.05, 3.63) is 11.9 Å². The van der Waals surface area contributed by atoms with E-state index in [1.165, 1.54) is 0 Å². The van der Waals surface area contributed by atoms with Crippen molar-refractivity contribution < 1.29 is 0 Å².